The zero-order chi connectivity index (χ0) is 21.5. The van der Waals surface area contributed by atoms with Gasteiger partial charge in [0.15, 0.2) is 0 Å². The Morgan fingerprint density at radius 1 is 1.00 bits per heavy atom. The summed E-state index contributed by atoms with van der Waals surface area (Å²) in [6.45, 7) is 0.467. The van der Waals surface area contributed by atoms with Gasteiger partial charge in [0.2, 0.25) is 0 Å². The second kappa shape index (κ2) is 10.0. The molecule has 0 unspecified atom stereocenters. The fourth-order valence-corrected chi connectivity index (χ4v) is 3.64. The number of hydrogen-bond acceptors (Lipinski definition) is 5. The largest absolute Gasteiger partial charge is 0.497 e. The number of thiophene rings is 1. The molecule has 0 fully saturated rings. The molecule has 30 heavy (non-hydrogen) atoms. The molecular formula is C23H25N3O3S. The smallest absolute Gasteiger partial charge is 0.265 e. The van der Waals surface area contributed by atoms with Gasteiger partial charge in [-0.2, -0.15) is 0 Å². The molecule has 0 saturated heterocycles. The lowest BCUT2D eigenvalue weighted by Gasteiger charge is -2.25. The lowest BCUT2D eigenvalue weighted by molar-refractivity contribution is 0.0941. The monoisotopic (exact) mass is 423 g/mol. The van der Waals surface area contributed by atoms with E-state index in [2.05, 4.69) is 15.5 Å². The number of rotatable bonds is 8. The van der Waals surface area contributed by atoms with Crippen LogP contribution in [0.25, 0.3) is 0 Å². The number of likely N-dealkylation sites (N-methyl/N-ethyl adjacent to an activating group) is 1. The Morgan fingerprint density at radius 2 is 1.70 bits per heavy atom. The molecule has 7 heteroatoms. The topological polar surface area (TPSA) is 70.7 Å². The van der Waals surface area contributed by atoms with Gasteiger partial charge in [-0.15, -0.1) is 11.3 Å². The third-order valence-electron chi connectivity index (χ3n) is 4.73. The standard InChI is InChI=1S/C23H25N3O3S/c1-26(2)20(16-8-12-19(29-3)13-9-16)15-24-22(27)17-6-10-18(11-7-17)25-23(28)21-5-4-14-30-21/h4-14,20H,15H2,1-3H3,(H,24,27)(H,25,28)/t20-/m1/s1. The van der Waals surface area contributed by atoms with Crippen molar-refractivity contribution in [1.29, 1.82) is 0 Å². The summed E-state index contributed by atoms with van der Waals surface area (Å²) in [4.78, 5) is 27.4. The predicted octanol–water partition coefficient (Wildman–Crippen LogP) is 4.04. The molecule has 6 nitrogen and oxygen atoms in total. The van der Waals surface area contributed by atoms with Crippen LogP contribution < -0.4 is 15.4 Å². The molecule has 3 rings (SSSR count). The number of methoxy groups -OCH3 is 1. The molecule has 0 spiro atoms. The zero-order valence-corrected chi connectivity index (χ0v) is 18.0. The van der Waals surface area contributed by atoms with Gasteiger partial charge in [0, 0.05) is 17.8 Å². The van der Waals surface area contributed by atoms with Crippen molar-refractivity contribution in [2.75, 3.05) is 33.1 Å². The summed E-state index contributed by atoms with van der Waals surface area (Å²) in [6, 6.07) is 18.3. The van der Waals surface area contributed by atoms with Gasteiger partial charge in [0.25, 0.3) is 11.8 Å². The van der Waals surface area contributed by atoms with Crippen molar-refractivity contribution in [3.05, 3.63) is 82.0 Å². The first-order valence-corrected chi connectivity index (χ1v) is 10.4. The van der Waals surface area contributed by atoms with E-state index in [1.54, 1.807) is 37.4 Å². The molecule has 1 heterocycles. The van der Waals surface area contributed by atoms with Crippen LogP contribution in [0.3, 0.4) is 0 Å². The van der Waals surface area contributed by atoms with E-state index in [-0.39, 0.29) is 17.9 Å². The van der Waals surface area contributed by atoms with Crippen LogP contribution in [0.15, 0.2) is 66.0 Å². The molecule has 2 aromatic carbocycles. The maximum Gasteiger partial charge on any atom is 0.265 e. The summed E-state index contributed by atoms with van der Waals surface area (Å²) >= 11 is 1.38. The van der Waals surface area contributed by atoms with Crippen molar-refractivity contribution in [3.8, 4) is 5.75 Å². The molecule has 0 radical (unpaired) electrons. The van der Waals surface area contributed by atoms with E-state index in [1.807, 2.05) is 49.8 Å². The van der Waals surface area contributed by atoms with E-state index >= 15 is 0 Å². The average molecular weight is 424 g/mol. The molecule has 1 atom stereocenters. The van der Waals surface area contributed by atoms with Crippen molar-refractivity contribution in [1.82, 2.24) is 10.2 Å². The van der Waals surface area contributed by atoms with E-state index in [4.69, 9.17) is 4.74 Å². The Bertz CT molecular complexity index is 968. The van der Waals surface area contributed by atoms with Gasteiger partial charge in [-0.05, 0) is 67.5 Å². The number of nitrogens with one attached hydrogen (secondary N) is 2. The van der Waals surface area contributed by atoms with Gasteiger partial charge in [-0.3, -0.25) is 9.59 Å². The Balaban J connectivity index is 1.59. The summed E-state index contributed by atoms with van der Waals surface area (Å²) in [5.41, 5.74) is 2.28. The van der Waals surface area contributed by atoms with Crippen molar-refractivity contribution in [3.63, 3.8) is 0 Å². The van der Waals surface area contributed by atoms with E-state index in [1.165, 1.54) is 11.3 Å². The van der Waals surface area contributed by atoms with Crippen LogP contribution in [-0.2, 0) is 0 Å². The second-order valence-corrected chi connectivity index (χ2v) is 7.92. The summed E-state index contributed by atoms with van der Waals surface area (Å²) in [5.74, 6) is 0.480. The fourth-order valence-electron chi connectivity index (χ4n) is 3.02. The van der Waals surface area contributed by atoms with Crippen molar-refractivity contribution >= 4 is 28.8 Å². The molecule has 2 N–H and O–H groups in total. The minimum atomic E-state index is -0.161. The number of ether oxygens (including phenoxy) is 1. The first kappa shape index (κ1) is 21.5. The van der Waals surface area contributed by atoms with Crippen LogP contribution in [0.2, 0.25) is 0 Å². The molecule has 2 amide bonds. The average Bonchev–Trinajstić information content (AvgIpc) is 3.29. The van der Waals surface area contributed by atoms with Gasteiger partial charge < -0.3 is 20.3 Å². The summed E-state index contributed by atoms with van der Waals surface area (Å²) in [7, 11) is 5.59. The van der Waals surface area contributed by atoms with Crippen LogP contribution in [-0.4, -0.2) is 44.5 Å². The minimum Gasteiger partial charge on any atom is -0.497 e. The molecule has 3 aromatic rings. The minimum absolute atomic E-state index is 0.0317. The molecule has 156 valence electrons. The molecule has 0 aliphatic carbocycles. The first-order chi connectivity index (χ1) is 14.5. The number of carbonyl (C=O) groups excluding carboxylic acids is 2. The fraction of sp³-hybridized carbons (Fsp3) is 0.217. The van der Waals surface area contributed by atoms with E-state index in [0.717, 1.165) is 11.3 Å². The van der Waals surface area contributed by atoms with Crippen LogP contribution in [0.5, 0.6) is 5.75 Å². The van der Waals surface area contributed by atoms with Crippen LogP contribution in [0, 0.1) is 0 Å². The number of hydrogen-bond donors (Lipinski definition) is 2. The van der Waals surface area contributed by atoms with Gasteiger partial charge >= 0.3 is 0 Å². The number of nitrogens with zero attached hydrogens (tertiary/aromatic N) is 1. The maximum atomic E-state index is 12.6. The van der Waals surface area contributed by atoms with Gasteiger partial charge in [0.1, 0.15) is 5.75 Å². The maximum absolute atomic E-state index is 12.6. The third-order valence-corrected chi connectivity index (χ3v) is 5.60. The first-order valence-electron chi connectivity index (χ1n) is 9.51. The quantitative estimate of drug-likeness (QED) is 0.574. The van der Waals surface area contributed by atoms with Crippen molar-refractivity contribution in [2.45, 2.75) is 6.04 Å². The number of anilines is 1. The molecule has 0 aliphatic rings. The Hall–Kier alpha value is -3.16. The number of benzene rings is 2. The molecule has 0 bridgehead atoms. The lowest BCUT2D eigenvalue weighted by Crippen LogP contribution is -2.34. The second-order valence-electron chi connectivity index (χ2n) is 6.97. The van der Waals surface area contributed by atoms with Crippen LogP contribution in [0.1, 0.15) is 31.6 Å². The predicted molar refractivity (Wildman–Crippen MR) is 120 cm³/mol. The van der Waals surface area contributed by atoms with Crippen molar-refractivity contribution in [2.24, 2.45) is 0 Å². The summed E-state index contributed by atoms with van der Waals surface area (Å²) in [5, 5.41) is 7.68. The molecular weight excluding hydrogens is 398 g/mol. The third kappa shape index (κ3) is 5.46. The number of amides is 2. The van der Waals surface area contributed by atoms with Gasteiger partial charge in [-0.25, -0.2) is 0 Å². The Morgan fingerprint density at radius 3 is 2.27 bits per heavy atom. The van der Waals surface area contributed by atoms with Crippen LogP contribution in [0.4, 0.5) is 5.69 Å². The van der Waals surface area contributed by atoms with E-state index in [0.29, 0.717) is 22.7 Å². The molecule has 0 aliphatic heterocycles. The summed E-state index contributed by atoms with van der Waals surface area (Å²) in [6.07, 6.45) is 0. The zero-order valence-electron chi connectivity index (χ0n) is 17.2. The van der Waals surface area contributed by atoms with Crippen LogP contribution >= 0.6 is 11.3 Å². The van der Waals surface area contributed by atoms with Gasteiger partial charge in [0.05, 0.1) is 18.0 Å². The highest BCUT2D eigenvalue weighted by Crippen LogP contribution is 2.21. The highest BCUT2D eigenvalue weighted by Gasteiger charge is 2.16. The Kier molecular flexibility index (Phi) is 7.21. The highest BCUT2D eigenvalue weighted by molar-refractivity contribution is 7.12. The normalized spacial score (nSPS) is 11.7. The number of carbonyl (C=O) groups is 2. The molecule has 0 saturated carbocycles. The molecule has 1 aromatic heterocycles. The lowest BCUT2D eigenvalue weighted by atomic mass is 10.1. The van der Waals surface area contributed by atoms with E-state index < -0.39 is 0 Å². The highest BCUT2D eigenvalue weighted by atomic mass is 32.1. The van der Waals surface area contributed by atoms with Gasteiger partial charge in [-0.1, -0.05) is 18.2 Å². The van der Waals surface area contributed by atoms with Crippen molar-refractivity contribution < 1.29 is 14.3 Å². The van der Waals surface area contributed by atoms with E-state index in [9.17, 15) is 9.59 Å². The summed E-state index contributed by atoms with van der Waals surface area (Å²) < 4.78 is 5.21. The Labute approximate surface area is 180 Å². The SMILES string of the molecule is COc1ccc([C@@H](CNC(=O)c2ccc(NC(=O)c3cccs3)cc2)N(C)C)cc1.